The molecule has 0 heterocycles. The molecule has 0 aliphatic heterocycles. The van der Waals surface area contributed by atoms with E-state index in [1.807, 2.05) is 12.1 Å². The largest absolute Gasteiger partial charge is 0.478 e. The van der Waals surface area contributed by atoms with Gasteiger partial charge in [-0.25, -0.2) is 4.79 Å². The van der Waals surface area contributed by atoms with Gasteiger partial charge in [-0.2, -0.15) is 0 Å². The van der Waals surface area contributed by atoms with Crippen molar-refractivity contribution in [2.45, 2.75) is 27.2 Å². The number of nitrogens with zero attached hydrogens (tertiary/aromatic N) is 1. The highest BCUT2D eigenvalue weighted by atomic mass is 35.5. The maximum atomic E-state index is 10.7. The molecule has 1 rings (SSSR count). The van der Waals surface area contributed by atoms with E-state index in [4.69, 9.17) is 16.7 Å². The number of hydrogen-bond donors (Lipinski definition) is 1. The summed E-state index contributed by atoms with van der Waals surface area (Å²) in [6.45, 7) is 8.31. The van der Waals surface area contributed by atoms with Crippen molar-refractivity contribution in [3.8, 4) is 0 Å². The van der Waals surface area contributed by atoms with E-state index in [9.17, 15) is 4.79 Å². The molecule has 0 amide bonds. The Morgan fingerprint density at radius 1 is 1.45 bits per heavy atom. The smallest absolute Gasteiger partial charge is 0.328 e. The van der Waals surface area contributed by atoms with Crippen LogP contribution in [0.5, 0.6) is 0 Å². The first kappa shape index (κ1) is 16.6. The van der Waals surface area contributed by atoms with Crippen LogP contribution in [0.2, 0.25) is 5.02 Å². The van der Waals surface area contributed by atoms with Crippen LogP contribution in [0.3, 0.4) is 0 Å². The zero-order chi connectivity index (χ0) is 15.1. The number of rotatable bonds is 7. The first-order valence-corrected chi connectivity index (χ1v) is 7.31. The van der Waals surface area contributed by atoms with Gasteiger partial charge in [0, 0.05) is 29.9 Å². The van der Waals surface area contributed by atoms with Gasteiger partial charge in [-0.3, -0.25) is 0 Å². The van der Waals surface area contributed by atoms with E-state index in [1.54, 1.807) is 12.1 Å². The van der Waals surface area contributed by atoms with E-state index >= 15 is 0 Å². The Morgan fingerprint density at radius 2 is 2.15 bits per heavy atom. The average Bonchev–Trinajstić information content (AvgIpc) is 2.42. The van der Waals surface area contributed by atoms with Gasteiger partial charge in [-0.1, -0.05) is 31.9 Å². The van der Waals surface area contributed by atoms with Crippen LogP contribution in [0, 0.1) is 5.92 Å². The maximum Gasteiger partial charge on any atom is 0.328 e. The summed E-state index contributed by atoms with van der Waals surface area (Å²) in [6, 6.07) is 5.60. The molecule has 0 fully saturated rings. The molecule has 0 saturated heterocycles. The van der Waals surface area contributed by atoms with Crippen molar-refractivity contribution in [3.63, 3.8) is 0 Å². The van der Waals surface area contributed by atoms with Crippen molar-refractivity contribution < 1.29 is 9.90 Å². The molecule has 0 aliphatic carbocycles. The third-order valence-electron chi connectivity index (χ3n) is 3.35. The van der Waals surface area contributed by atoms with Crippen LogP contribution < -0.4 is 4.90 Å². The molecule has 1 unspecified atom stereocenters. The molecule has 0 bridgehead atoms. The van der Waals surface area contributed by atoms with Crippen LogP contribution in [0.4, 0.5) is 5.69 Å². The van der Waals surface area contributed by atoms with E-state index in [2.05, 4.69) is 25.7 Å². The van der Waals surface area contributed by atoms with Crippen molar-refractivity contribution in [1.29, 1.82) is 0 Å². The van der Waals surface area contributed by atoms with Crippen molar-refractivity contribution in [1.82, 2.24) is 0 Å². The Labute approximate surface area is 125 Å². The minimum absolute atomic E-state index is 0.585. The molecule has 0 saturated carbocycles. The summed E-state index contributed by atoms with van der Waals surface area (Å²) >= 11 is 6.01. The number of benzene rings is 1. The number of aliphatic carboxylic acids is 1. The molecule has 4 heteroatoms. The lowest BCUT2D eigenvalue weighted by atomic mass is 10.1. The van der Waals surface area contributed by atoms with Gasteiger partial charge >= 0.3 is 5.97 Å². The zero-order valence-corrected chi connectivity index (χ0v) is 13.0. The van der Waals surface area contributed by atoms with E-state index < -0.39 is 5.97 Å². The number of hydrogen-bond acceptors (Lipinski definition) is 2. The third-order valence-corrected chi connectivity index (χ3v) is 3.58. The molecule has 3 nitrogen and oxygen atoms in total. The first-order valence-electron chi connectivity index (χ1n) is 6.93. The fourth-order valence-corrected chi connectivity index (χ4v) is 2.19. The van der Waals surface area contributed by atoms with Gasteiger partial charge in [-0.05, 0) is 42.7 Å². The topological polar surface area (TPSA) is 40.5 Å². The van der Waals surface area contributed by atoms with E-state index in [-0.39, 0.29) is 0 Å². The summed E-state index contributed by atoms with van der Waals surface area (Å²) in [5.41, 5.74) is 1.86. The summed E-state index contributed by atoms with van der Waals surface area (Å²) in [7, 11) is 0. The molecule has 0 radical (unpaired) electrons. The van der Waals surface area contributed by atoms with E-state index in [0.29, 0.717) is 10.9 Å². The highest BCUT2D eigenvalue weighted by Gasteiger charge is 2.12. The number of halogens is 1. The molecule has 1 aromatic rings. The monoisotopic (exact) mass is 295 g/mol. The highest BCUT2D eigenvalue weighted by Crippen LogP contribution is 2.26. The maximum absolute atomic E-state index is 10.7. The zero-order valence-electron chi connectivity index (χ0n) is 12.3. The Hall–Kier alpha value is -1.48. The predicted octanol–water partition coefficient (Wildman–Crippen LogP) is 4.31. The van der Waals surface area contributed by atoms with Crippen LogP contribution in [-0.2, 0) is 4.79 Å². The first-order chi connectivity index (χ1) is 9.47. The van der Waals surface area contributed by atoms with Crippen molar-refractivity contribution in [2.24, 2.45) is 5.92 Å². The summed E-state index contributed by atoms with van der Waals surface area (Å²) in [5.74, 6) is -0.372. The van der Waals surface area contributed by atoms with Gasteiger partial charge in [0.1, 0.15) is 0 Å². The fourth-order valence-electron chi connectivity index (χ4n) is 2.01. The van der Waals surface area contributed by atoms with Crippen molar-refractivity contribution in [3.05, 3.63) is 34.9 Å². The van der Waals surface area contributed by atoms with Crippen LogP contribution >= 0.6 is 11.6 Å². The van der Waals surface area contributed by atoms with Gasteiger partial charge in [0.2, 0.25) is 0 Å². The fraction of sp³-hybridized carbons (Fsp3) is 0.438. The number of carboxylic acids is 1. The second-order valence-corrected chi connectivity index (χ2v) is 5.36. The molecule has 1 N–H and O–H groups in total. The molecule has 1 atom stereocenters. The van der Waals surface area contributed by atoms with Crippen LogP contribution in [0.25, 0.3) is 6.08 Å². The number of carbonyl (C=O) groups is 1. The second-order valence-electron chi connectivity index (χ2n) is 4.93. The molecular weight excluding hydrogens is 274 g/mol. The van der Waals surface area contributed by atoms with Crippen molar-refractivity contribution >= 4 is 29.3 Å². The Bertz CT molecular complexity index is 485. The molecule has 1 aromatic carbocycles. The molecule has 0 aliphatic rings. The lowest BCUT2D eigenvalue weighted by molar-refractivity contribution is -0.131. The Kier molecular flexibility index (Phi) is 6.59. The van der Waals surface area contributed by atoms with Gasteiger partial charge < -0.3 is 10.0 Å². The lowest BCUT2D eigenvalue weighted by Gasteiger charge is -2.28. The minimum atomic E-state index is -0.957. The van der Waals surface area contributed by atoms with Gasteiger partial charge in [0.15, 0.2) is 0 Å². The predicted molar refractivity (Wildman–Crippen MR) is 85.5 cm³/mol. The number of carboxylic acid groups (broad SMARTS) is 1. The van der Waals surface area contributed by atoms with Gasteiger partial charge in [0.05, 0.1) is 0 Å². The van der Waals surface area contributed by atoms with Gasteiger partial charge in [0.25, 0.3) is 0 Å². The average molecular weight is 296 g/mol. The highest BCUT2D eigenvalue weighted by molar-refractivity contribution is 6.30. The molecule has 110 valence electrons. The number of anilines is 1. The SMILES string of the molecule is CCC(C)CN(CC)c1ccc(Cl)cc1/C=C/C(=O)O. The van der Waals surface area contributed by atoms with Crippen molar-refractivity contribution in [2.75, 3.05) is 18.0 Å². The quantitative estimate of drug-likeness (QED) is 0.762. The molecule has 20 heavy (non-hydrogen) atoms. The molecule has 0 spiro atoms. The second kappa shape index (κ2) is 7.95. The minimum Gasteiger partial charge on any atom is -0.478 e. The molecule has 0 aromatic heterocycles. The Morgan fingerprint density at radius 3 is 2.70 bits per heavy atom. The summed E-state index contributed by atoms with van der Waals surface area (Å²) in [6.07, 6.45) is 3.86. The van der Waals surface area contributed by atoms with Crippen LogP contribution in [-0.4, -0.2) is 24.2 Å². The lowest BCUT2D eigenvalue weighted by Crippen LogP contribution is -2.28. The van der Waals surface area contributed by atoms with Gasteiger partial charge in [-0.15, -0.1) is 0 Å². The van der Waals surface area contributed by atoms with E-state index in [0.717, 1.165) is 36.8 Å². The molecular formula is C16H22ClNO2. The Balaban J connectivity index is 3.10. The summed E-state index contributed by atoms with van der Waals surface area (Å²) < 4.78 is 0. The van der Waals surface area contributed by atoms with E-state index in [1.165, 1.54) is 0 Å². The summed E-state index contributed by atoms with van der Waals surface area (Å²) in [5, 5.41) is 9.39. The van der Waals surface area contributed by atoms with Crippen LogP contribution in [0.15, 0.2) is 24.3 Å². The normalized spacial score (nSPS) is 12.6. The third kappa shape index (κ3) is 4.89. The summed E-state index contributed by atoms with van der Waals surface area (Å²) in [4.78, 5) is 13.0. The van der Waals surface area contributed by atoms with Crippen LogP contribution in [0.1, 0.15) is 32.8 Å². The standard InChI is InChI=1S/C16H22ClNO2/c1-4-12(3)11-18(5-2)15-8-7-14(17)10-13(15)6-9-16(19)20/h6-10,12H,4-5,11H2,1-3H3,(H,19,20)/b9-6+.